The number of hydrogen-bond acceptors (Lipinski definition) is 4. The van der Waals surface area contributed by atoms with Gasteiger partial charge in [0, 0.05) is 13.6 Å². The van der Waals surface area contributed by atoms with Crippen LogP contribution in [0.2, 0.25) is 0 Å². The van der Waals surface area contributed by atoms with E-state index >= 15 is 0 Å². The van der Waals surface area contributed by atoms with Gasteiger partial charge in [0.25, 0.3) is 0 Å². The first-order chi connectivity index (χ1) is 12.0. The molecule has 2 rings (SSSR count). The molecule has 1 aromatic carbocycles. The molecule has 25 heavy (non-hydrogen) atoms. The van der Waals surface area contributed by atoms with Crippen LogP contribution in [0.5, 0.6) is 11.5 Å². The summed E-state index contributed by atoms with van der Waals surface area (Å²) in [6, 6.07) is 7.26. The van der Waals surface area contributed by atoms with Crippen molar-refractivity contribution in [1.82, 2.24) is 10.2 Å². The maximum Gasteiger partial charge on any atom is 0.238 e. The average Bonchev–Trinajstić information content (AvgIpc) is 3.45. The van der Waals surface area contributed by atoms with E-state index in [1.807, 2.05) is 24.3 Å². The predicted molar refractivity (Wildman–Crippen MR) is 95.7 cm³/mol. The maximum absolute atomic E-state index is 12.5. The van der Waals surface area contributed by atoms with Gasteiger partial charge in [0.2, 0.25) is 11.8 Å². The zero-order valence-electron chi connectivity index (χ0n) is 15.3. The molecule has 2 amide bonds. The van der Waals surface area contributed by atoms with Crippen LogP contribution in [-0.4, -0.2) is 50.6 Å². The molecule has 1 aliphatic carbocycles. The van der Waals surface area contributed by atoms with Gasteiger partial charge in [0.1, 0.15) is 23.5 Å². The number of methoxy groups -OCH3 is 1. The van der Waals surface area contributed by atoms with E-state index in [1.165, 1.54) is 0 Å². The number of hydrogen-bond donors (Lipinski definition) is 1. The molecular formula is C19H28N2O4. The molecule has 0 aliphatic heterocycles. The topological polar surface area (TPSA) is 67.9 Å². The molecule has 0 bridgehead atoms. The summed E-state index contributed by atoms with van der Waals surface area (Å²) in [5, 5.41) is 2.83. The van der Waals surface area contributed by atoms with Crippen LogP contribution in [0.25, 0.3) is 0 Å². The zero-order valence-corrected chi connectivity index (χ0v) is 15.3. The monoisotopic (exact) mass is 348 g/mol. The van der Waals surface area contributed by atoms with Gasteiger partial charge in [0.15, 0.2) is 0 Å². The SMILES string of the molecule is CCCCN(C)C(=O)C1(C(=O)NCCOc2ccc(OC)cc2)CC1. The quantitative estimate of drug-likeness (QED) is 0.520. The van der Waals surface area contributed by atoms with E-state index in [2.05, 4.69) is 12.2 Å². The summed E-state index contributed by atoms with van der Waals surface area (Å²) in [6.45, 7) is 3.51. The van der Waals surface area contributed by atoms with Gasteiger partial charge in [-0.2, -0.15) is 0 Å². The second kappa shape index (κ2) is 8.74. The number of nitrogens with one attached hydrogen (secondary N) is 1. The van der Waals surface area contributed by atoms with Gasteiger partial charge in [-0.3, -0.25) is 9.59 Å². The number of carbonyl (C=O) groups excluding carboxylic acids is 2. The van der Waals surface area contributed by atoms with Crippen molar-refractivity contribution in [3.05, 3.63) is 24.3 Å². The van der Waals surface area contributed by atoms with Crippen LogP contribution in [-0.2, 0) is 9.59 Å². The van der Waals surface area contributed by atoms with Crippen LogP contribution < -0.4 is 14.8 Å². The first kappa shape index (κ1) is 19.1. The standard InChI is InChI=1S/C19H28N2O4/c1-4-5-13-21(2)18(23)19(10-11-19)17(22)20-12-14-25-16-8-6-15(24-3)7-9-16/h6-9H,4-5,10-14H2,1-3H3,(H,20,22). The predicted octanol–water partition coefficient (Wildman–Crippen LogP) is 2.23. The maximum atomic E-state index is 12.5. The minimum Gasteiger partial charge on any atom is -0.497 e. The highest BCUT2D eigenvalue weighted by atomic mass is 16.5. The van der Waals surface area contributed by atoms with Crippen LogP contribution in [0.1, 0.15) is 32.6 Å². The largest absolute Gasteiger partial charge is 0.497 e. The molecule has 0 heterocycles. The second-order valence-electron chi connectivity index (χ2n) is 6.44. The molecule has 1 saturated carbocycles. The number of ether oxygens (including phenoxy) is 2. The molecule has 0 radical (unpaired) electrons. The zero-order chi connectivity index (χ0) is 18.3. The Labute approximate surface area is 149 Å². The van der Waals surface area contributed by atoms with Crippen molar-refractivity contribution >= 4 is 11.8 Å². The molecule has 0 atom stereocenters. The van der Waals surface area contributed by atoms with E-state index in [9.17, 15) is 9.59 Å². The lowest BCUT2D eigenvalue weighted by molar-refractivity contribution is -0.143. The van der Waals surface area contributed by atoms with E-state index in [-0.39, 0.29) is 11.8 Å². The lowest BCUT2D eigenvalue weighted by Crippen LogP contribution is -2.45. The van der Waals surface area contributed by atoms with Gasteiger partial charge in [-0.15, -0.1) is 0 Å². The first-order valence-electron chi connectivity index (χ1n) is 8.84. The van der Waals surface area contributed by atoms with Gasteiger partial charge < -0.3 is 19.7 Å². The van der Waals surface area contributed by atoms with Crippen LogP contribution in [0, 0.1) is 5.41 Å². The van der Waals surface area contributed by atoms with E-state index in [1.54, 1.807) is 19.1 Å². The Morgan fingerprint density at radius 3 is 2.40 bits per heavy atom. The summed E-state index contributed by atoms with van der Waals surface area (Å²) < 4.78 is 10.7. The molecule has 6 heteroatoms. The molecule has 0 spiro atoms. The van der Waals surface area contributed by atoms with Crippen molar-refractivity contribution in [2.45, 2.75) is 32.6 Å². The smallest absolute Gasteiger partial charge is 0.238 e. The molecule has 1 fully saturated rings. The van der Waals surface area contributed by atoms with E-state index in [0.717, 1.165) is 18.6 Å². The normalized spacial score (nSPS) is 14.5. The van der Waals surface area contributed by atoms with Crippen LogP contribution in [0.3, 0.4) is 0 Å². The van der Waals surface area contributed by atoms with Crippen LogP contribution in [0.4, 0.5) is 0 Å². The second-order valence-corrected chi connectivity index (χ2v) is 6.44. The minimum atomic E-state index is -0.845. The first-order valence-corrected chi connectivity index (χ1v) is 8.84. The van der Waals surface area contributed by atoms with Gasteiger partial charge in [0.05, 0.1) is 13.7 Å². The number of nitrogens with zero attached hydrogens (tertiary/aromatic N) is 1. The summed E-state index contributed by atoms with van der Waals surface area (Å²) in [7, 11) is 3.39. The Hall–Kier alpha value is -2.24. The molecule has 1 aromatic rings. The van der Waals surface area contributed by atoms with Crippen molar-refractivity contribution in [1.29, 1.82) is 0 Å². The number of benzene rings is 1. The van der Waals surface area contributed by atoms with Crippen LogP contribution in [0.15, 0.2) is 24.3 Å². The minimum absolute atomic E-state index is 0.0606. The fourth-order valence-corrected chi connectivity index (χ4v) is 2.70. The third-order valence-electron chi connectivity index (χ3n) is 4.50. The van der Waals surface area contributed by atoms with Gasteiger partial charge in [-0.25, -0.2) is 0 Å². The Kier molecular flexibility index (Phi) is 6.67. The highest BCUT2D eigenvalue weighted by molar-refractivity contribution is 6.07. The third-order valence-corrected chi connectivity index (χ3v) is 4.50. The number of carbonyl (C=O) groups is 2. The van der Waals surface area contributed by atoms with E-state index < -0.39 is 5.41 Å². The Morgan fingerprint density at radius 2 is 1.84 bits per heavy atom. The number of unbranched alkanes of at least 4 members (excludes halogenated alkanes) is 1. The summed E-state index contributed by atoms with van der Waals surface area (Å²) in [5.41, 5.74) is -0.845. The van der Waals surface area contributed by atoms with Crippen molar-refractivity contribution < 1.29 is 19.1 Å². The summed E-state index contributed by atoms with van der Waals surface area (Å²) in [5.74, 6) is 1.24. The van der Waals surface area contributed by atoms with Crippen molar-refractivity contribution in [2.24, 2.45) is 5.41 Å². The highest BCUT2D eigenvalue weighted by Crippen LogP contribution is 2.47. The Balaban J connectivity index is 1.74. The molecule has 1 N–H and O–H groups in total. The van der Waals surface area contributed by atoms with E-state index in [4.69, 9.17) is 9.47 Å². The van der Waals surface area contributed by atoms with E-state index in [0.29, 0.717) is 38.3 Å². The molecule has 0 aromatic heterocycles. The lowest BCUT2D eigenvalue weighted by Gasteiger charge is -2.23. The van der Waals surface area contributed by atoms with Crippen molar-refractivity contribution in [2.75, 3.05) is 33.9 Å². The van der Waals surface area contributed by atoms with Crippen molar-refractivity contribution in [3.8, 4) is 11.5 Å². The fourth-order valence-electron chi connectivity index (χ4n) is 2.70. The molecule has 0 unspecified atom stereocenters. The van der Waals surface area contributed by atoms with Crippen molar-refractivity contribution in [3.63, 3.8) is 0 Å². The fraction of sp³-hybridized carbons (Fsp3) is 0.579. The summed E-state index contributed by atoms with van der Waals surface area (Å²) in [6.07, 6.45) is 3.25. The van der Waals surface area contributed by atoms with Gasteiger partial charge in [-0.1, -0.05) is 13.3 Å². The Bertz CT molecular complexity index is 582. The average molecular weight is 348 g/mol. The lowest BCUT2D eigenvalue weighted by atomic mass is 10.0. The van der Waals surface area contributed by atoms with Gasteiger partial charge in [-0.05, 0) is 43.5 Å². The van der Waals surface area contributed by atoms with Crippen LogP contribution >= 0.6 is 0 Å². The summed E-state index contributed by atoms with van der Waals surface area (Å²) >= 11 is 0. The molecule has 1 aliphatic rings. The molecule has 6 nitrogen and oxygen atoms in total. The third kappa shape index (κ3) is 4.87. The molecule has 0 saturated heterocycles. The molecule has 138 valence electrons. The number of amides is 2. The van der Waals surface area contributed by atoms with Gasteiger partial charge >= 0.3 is 0 Å². The highest BCUT2D eigenvalue weighted by Gasteiger charge is 2.57. The number of rotatable bonds is 10. The summed E-state index contributed by atoms with van der Waals surface area (Å²) in [4.78, 5) is 26.6. The molecular weight excluding hydrogens is 320 g/mol. The Morgan fingerprint density at radius 1 is 1.20 bits per heavy atom.